The Morgan fingerprint density at radius 2 is 1.94 bits per heavy atom. The highest BCUT2D eigenvalue weighted by atomic mass is 19.4. The van der Waals surface area contributed by atoms with Crippen molar-refractivity contribution in [2.24, 2.45) is 5.92 Å². The third-order valence-electron chi connectivity index (χ3n) is 2.62. The fourth-order valence-corrected chi connectivity index (χ4v) is 1.69. The number of hydrogen-bond acceptors (Lipinski definition) is 2. The van der Waals surface area contributed by atoms with E-state index < -0.39 is 30.3 Å². The first-order valence-electron chi connectivity index (χ1n) is 5.28. The van der Waals surface area contributed by atoms with Gasteiger partial charge < -0.3 is 0 Å². The molecule has 1 unspecified atom stereocenters. The van der Waals surface area contributed by atoms with Crippen LogP contribution in [0.5, 0.6) is 0 Å². The molecule has 0 bridgehead atoms. The van der Waals surface area contributed by atoms with Crippen molar-refractivity contribution in [1.29, 1.82) is 0 Å². The molecular formula is C10H14F3NO2. The molecule has 1 aliphatic heterocycles. The van der Waals surface area contributed by atoms with Crippen molar-refractivity contribution < 1.29 is 22.8 Å². The van der Waals surface area contributed by atoms with E-state index >= 15 is 0 Å². The third-order valence-corrected chi connectivity index (χ3v) is 2.62. The SMILES string of the molecule is CCCCCN1C(=O)CC(C(F)(F)F)C1=O. The van der Waals surface area contributed by atoms with Crippen LogP contribution in [0.1, 0.15) is 32.6 Å². The van der Waals surface area contributed by atoms with Gasteiger partial charge in [-0.05, 0) is 6.42 Å². The molecule has 0 N–H and O–H groups in total. The summed E-state index contributed by atoms with van der Waals surface area (Å²) in [5, 5.41) is 0. The first kappa shape index (κ1) is 13.0. The second-order valence-corrected chi connectivity index (χ2v) is 3.89. The summed E-state index contributed by atoms with van der Waals surface area (Å²) in [5.74, 6) is -3.92. The average molecular weight is 237 g/mol. The summed E-state index contributed by atoms with van der Waals surface area (Å²) >= 11 is 0. The minimum Gasteiger partial charge on any atom is -0.282 e. The Bertz CT molecular complexity index is 288. The van der Waals surface area contributed by atoms with Crippen LogP contribution in [0.4, 0.5) is 13.2 Å². The van der Waals surface area contributed by atoms with Gasteiger partial charge in [0, 0.05) is 13.0 Å². The van der Waals surface area contributed by atoms with Crippen LogP contribution in [-0.4, -0.2) is 29.4 Å². The van der Waals surface area contributed by atoms with Crippen LogP contribution < -0.4 is 0 Å². The van der Waals surface area contributed by atoms with Crippen molar-refractivity contribution in [3.05, 3.63) is 0 Å². The van der Waals surface area contributed by atoms with E-state index in [1.807, 2.05) is 6.92 Å². The molecule has 2 amide bonds. The standard InChI is InChI=1S/C10H14F3NO2/c1-2-3-4-5-14-8(15)6-7(9(14)16)10(11,12)13/h7H,2-6H2,1H3. The molecule has 16 heavy (non-hydrogen) atoms. The number of nitrogens with zero attached hydrogens (tertiary/aromatic N) is 1. The maximum absolute atomic E-state index is 12.3. The quantitative estimate of drug-likeness (QED) is 0.554. The van der Waals surface area contributed by atoms with Crippen molar-refractivity contribution in [3.63, 3.8) is 0 Å². The summed E-state index contributed by atoms with van der Waals surface area (Å²) in [6.45, 7) is 2.05. The van der Waals surface area contributed by atoms with E-state index in [4.69, 9.17) is 0 Å². The van der Waals surface area contributed by atoms with E-state index in [0.29, 0.717) is 6.42 Å². The predicted octanol–water partition coefficient (Wildman–Crippen LogP) is 2.11. The van der Waals surface area contributed by atoms with Gasteiger partial charge in [0.2, 0.25) is 11.8 Å². The second-order valence-electron chi connectivity index (χ2n) is 3.89. The molecule has 1 aliphatic rings. The number of imide groups is 1. The summed E-state index contributed by atoms with van der Waals surface area (Å²) in [4.78, 5) is 23.3. The fourth-order valence-electron chi connectivity index (χ4n) is 1.69. The third kappa shape index (κ3) is 2.74. The molecule has 0 spiro atoms. The Balaban J connectivity index is 2.61. The number of rotatable bonds is 4. The highest BCUT2D eigenvalue weighted by Gasteiger charge is 2.53. The summed E-state index contributed by atoms with van der Waals surface area (Å²) in [7, 11) is 0. The first-order chi connectivity index (χ1) is 7.38. The van der Waals surface area contributed by atoms with Gasteiger partial charge in [-0.2, -0.15) is 13.2 Å². The Labute approximate surface area is 91.6 Å². The minimum atomic E-state index is -4.60. The minimum absolute atomic E-state index is 0.109. The maximum atomic E-state index is 12.3. The molecule has 3 nitrogen and oxygen atoms in total. The van der Waals surface area contributed by atoms with Crippen LogP contribution in [0.3, 0.4) is 0 Å². The van der Waals surface area contributed by atoms with Crippen LogP contribution >= 0.6 is 0 Å². The normalized spacial score (nSPS) is 22.0. The Morgan fingerprint density at radius 3 is 2.38 bits per heavy atom. The van der Waals surface area contributed by atoms with Gasteiger partial charge in [0.1, 0.15) is 5.92 Å². The first-order valence-corrected chi connectivity index (χ1v) is 5.28. The number of hydrogen-bond donors (Lipinski definition) is 0. The van der Waals surface area contributed by atoms with Crippen LogP contribution in [0, 0.1) is 5.92 Å². The summed E-state index contributed by atoms with van der Waals surface area (Å²) in [5.41, 5.74) is 0. The van der Waals surface area contributed by atoms with Gasteiger partial charge in [0.15, 0.2) is 0 Å². The van der Waals surface area contributed by atoms with E-state index in [1.165, 1.54) is 0 Å². The molecule has 0 radical (unpaired) electrons. The predicted molar refractivity (Wildman–Crippen MR) is 50.4 cm³/mol. The molecule has 1 heterocycles. The van der Waals surface area contributed by atoms with Gasteiger partial charge >= 0.3 is 6.18 Å². The topological polar surface area (TPSA) is 37.4 Å². The van der Waals surface area contributed by atoms with Crippen molar-refractivity contribution in [1.82, 2.24) is 4.90 Å². The van der Waals surface area contributed by atoms with E-state index in [2.05, 4.69) is 0 Å². The zero-order valence-corrected chi connectivity index (χ0v) is 9.01. The van der Waals surface area contributed by atoms with Crippen LogP contribution in [0.15, 0.2) is 0 Å². The van der Waals surface area contributed by atoms with Gasteiger partial charge in [-0.3, -0.25) is 14.5 Å². The van der Waals surface area contributed by atoms with Gasteiger partial charge in [-0.1, -0.05) is 19.8 Å². The summed E-state index contributed by atoms with van der Waals surface area (Å²) in [6.07, 6.45) is -3.08. The summed E-state index contributed by atoms with van der Waals surface area (Å²) < 4.78 is 37.0. The molecule has 1 fully saturated rings. The van der Waals surface area contributed by atoms with Crippen LogP contribution in [0.2, 0.25) is 0 Å². The van der Waals surface area contributed by atoms with Crippen molar-refractivity contribution in [2.45, 2.75) is 38.8 Å². The Morgan fingerprint density at radius 1 is 1.31 bits per heavy atom. The highest BCUT2D eigenvalue weighted by molar-refractivity contribution is 6.03. The number of unbranched alkanes of at least 4 members (excludes halogenated alkanes) is 2. The molecule has 6 heteroatoms. The molecule has 1 saturated heterocycles. The molecule has 0 saturated carbocycles. The maximum Gasteiger partial charge on any atom is 0.401 e. The molecule has 0 aliphatic carbocycles. The molecule has 0 aromatic carbocycles. The number of amides is 2. The number of alkyl halides is 3. The lowest BCUT2D eigenvalue weighted by atomic mass is 10.1. The lowest BCUT2D eigenvalue weighted by Crippen LogP contribution is -2.35. The monoisotopic (exact) mass is 237 g/mol. The smallest absolute Gasteiger partial charge is 0.282 e. The molecule has 1 rings (SSSR count). The largest absolute Gasteiger partial charge is 0.401 e. The zero-order valence-electron chi connectivity index (χ0n) is 9.01. The van der Waals surface area contributed by atoms with Gasteiger partial charge in [-0.25, -0.2) is 0 Å². The van der Waals surface area contributed by atoms with Gasteiger partial charge in [0.05, 0.1) is 0 Å². The molecule has 0 aromatic heterocycles. The Hall–Kier alpha value is -1.07. The van der Waals surface area contributed by atoms with Crippen molar-refractivity contribution >= 4 is 11.8 Å². The average Bonchev–Trinajstić information content (AvgIpc) is 2.44. The highest BCUT2D eigenvalue weighted by Crippen LogP contribution is 2.35. The lowest BCUT2D eigenvalue weighted by molar-refractivity contribution is -0.181. The molecule has 92 valence electrons. The van der Waals surface area contributed by atoms with Gasteiger partial charge in [0.25, 0.3) is 0 Å². The van der Waals surface area contributed by atoms with E-state index in [9.17, 15) is 22.8 Å². The van der Waals surface area contributed by atoms with E-state index in [0.717, 1.165) is 17.7 Å². The van der Waals surface area contributed by atoms with Gasteiger partial charge in [-0.15, -0.1) is 0 Å². The van der Waals surface area contributed by atoms with Crippen LogP contribution in [0.25, 0.3) is 0 Å². The zero-order chi connectivity index (χ0) is 12.3. The van der Waals surface area contributed by atoms with Crippen LogP contribution in [-0.2, 0) is 9.59 Å². The number of carbonyl (C=O) groups excluding carboxylic acids is 2. The van der Waals surface area contributed by atoms with Crippen molar-refractivity contribution in [2.75, 3.05) is 6.54 Å². The Kier molecular flexibility index (Phi) is 3.93. The molecular weight excluding hydrogens is 223 g/mol. The second kappa shape index (κ2) is 4.84. The lowest BCUT2D eigenvalue weighted by Gasteiger charge is -2.15. The number of halogens is 3. The van der Waals surface area contributed by atoms with E-state index in [1.54, 1.807) is 0 Å². The number of likely N-dealkylation sites (tertiary alicyclic amines) is 1. The fraction of sp³-hybridized carbons (Fsp3) is 0.800. The molecule has 1 atom stereocenters. The molecule has 0 aromatic rings. The summed E-state index contributed by atoms with van der Waals surface area (Å²) in [6, 6.07) is 0. The number of carbonyl (C=O) groups is 2. The van der Waals surface area contributed by atoms with Crippen molar-refractivity contribution in [3.8, 4) is 0 Å². The van der Waals surface area contributed by atoms with E-state index in [-0.39, 0.29) is 6.54 Å².